The average molecular weight is 264 g/mol. The van der Waals surface area contributed by atoms with E-state index >= 15 is 0 Å². The quantitative estimate of drug-likeness (QED) is 0.438. The molecule has 1 atom stereocenters. The molecular formula is C20H24. The number of rotatable bonds is 6. The van der Waals surface area contributed by atoms with Gasteiger partial charge in [0.25, 0.3) is 0 Å². The van der Waals surface area contributed by atoms with Gasteiger partial charge >= 0.3 is 0 Å². The van der Waals surface area contributed by atoms with Gasteiger partial charge in [-0.05, 0) is 36.5 Å². The molecule has 0 heterocycles. The maximum absolute atomic E-state index is 3.95. The minimum atomic E-state index is 0.393. The molecule has 0 spiro atoms. The highest BCUT2D eigenvalue weighted by molar-refractivity contribution is 5.82. The van der Waals surface area contributed by atoms with Crippen LogP contribution in [-0.4, -0.2) is 0 Å². The fourth-order valence-corrected chi connectivity index (χ4v) is 2.07. The SMILES string of the molecule is C=CC(=C\C=C/C)/C(=C/C(C)/C=C/C)c1ccccc1. The van der Waals surface area contributed by atoms with Gasteiger partial charge in [0.05, 0.1) is 0 Å². The van der Waals surface area contributed by atoms with Crippen molar-refractivity contribution in [2.45, 2.75) is 20.8 Å². The monoisotopic (exact) mass is 264 g/mol. The van der Waals surface area contributed by atoms with Crippen LogP contribution in [0.1, 0.15) is 26.3 Å². The molecule has 1 unspecified atom stereocenters. The summed E-state index contributed by atoms with van der Waals surface area (Å²) in [6, 6.07) is 10.5. The minimum absolute atomic E-state index is 0.393. The summed E-state index contributed by atoms with van der Waals surface area (Å²) < 4.78 is 0. The van der Waals surface area contributed by atoms with Crippen LogP contribution in [0.5, 0.6) is 0 Å². The van der Waals surface area contributed by atoms with Crippen molar-refractivity contribution in [3.05, 3.63) is 90.6 Å². The molecule has 104 valence electrons. The summed E-state index contributed by atoms with van der Waals surface area (Å²) >= 11 is 0. The predicted octanol–water partition coefficient (Wildman–Crippen LogP) is 5.97. The highest BCUT2D eigenvalue weighted by Gasteiger charge is 2.06. The standard InChI is InChI=1S/C20H24/c1-5-8-13-18(7-3)20(16-17(4)12-6-2)19-14-10-9-11-15-19/h5-17H,3H2,1-2,4H3/b8-5-,12-6+,18-13+,20-16-. The normalized spacial score (nSPS) is 14.9. The Labute approximate surface area is 123 Å². The zero-order valence-corrected chi connectivity index (χ0v) is 12.7. The van der Waals surface area contributed by atoms with Gasteiger partial charge in [-0.1, -0.05) is 86.4 Å². The number of hydrogen-bond acceptors (Lipinski definition) is 0. The summed E-state index contributed by atoms with van der Waals surface area (Å²) in [5, 5.41) is 0. The molecule has 20 heavy (non-hydrogen) atoms. The van der Waals surface area contributed by atoms with Gasteiger partial charge in [0.15, 0.2) is 0 Å². The van der Waals surface area contributed by atoms with Gasteiger partial charge in [-0.25, -0.2) is 0 Å². The van der Waals surface area contributed by atoms with E-state index in [4.69, 9.17) is 0 Å². The second-order valence-corrected chi connectivity index (χ2v) is 4.68. The minimum Gasteiger partial charge on any atom is -0.0984 e. The smallest absolute Gasteiger partial charge is 0.00726 e. The first-order chi connectivity index (χ1) is 9.72. The van der Waals surface area contributed by atoms with E-state index in [1.165, 1.54) is 11.1 Å². The van der Waals surface area contributed by atoms with Crippen molar-refractivity contribution in [1.82, 2.24) is 0 Å². The van der Waals surface area contributed by atoms with Gasteiger partial charge in [0.1, 0.15) is 0 Å². The Morgan fingerprint density at radius 1 is 1.10 bits per heavy atom. The third-order valence-electron chi connectivity index (χ3n) is 3.01. The highest BCUT2D eigenvalue weighted by atomic mass is 14.1. The van der Waals surface area contributed by atoms with Gasteiger partial charge in [-0.3, -0.25) is 0 Å². The summed E-state index contributed by atoms with van der Waals surface area (Å²) in [6.07, 6.45) is 14.7. The van der Waals surface area contributed by atoms with Crippen LogP contribution in [0.15, 0.2) is 85.0 Å². The van der Waals surface area contributed by atoms with E-state index in [0.29, 0.717) is 5.92 Å². The van der Waals surface area contributed by atoms with E-state index in [2.05, 4.69) is 69.0 Å². The molecule has 0 aromatic heterocycles. The molecular weight excluding hydrogens is 240 g/mol. The molecule has 1 aromatic carbocycles. The number of allylic oxidation sites excluding steroid dienone is 9. The second-order valence-electron chi connectivity index (χ2n) is 4.68. The van der Waals surface area contributed by atoms with E-state index < -0.39 is 0 Å². The van der Waals surface area contributed by atoms with Crippen LogP contribution in [0.3, 0.4) is 0 Å². The lowest BCUT2D eigenvalue weighted by Gasteiger charge is -2.11. The Morgan fingerprint density at radius 3 is 2.35 bits per heavy atom. The Bertz CT molecular complexity index is 524. The van der Waals surface area contributed by atoms with Gasteiger partial charge < -0.3 is 0 Å². The lowest BCUT2D eigenvalue weighted by Crippen LogP contribution is -1.92. The third kappa shape index (κ3) is 4.89. The zero-order valence-electron chi connectivity index (χ0n) is 12.7. The topological polar surface area (TPSA) is 0 Å². The third-order valence-corrected chi connectivity index (χ3v) is 3.01. The molecule has 0 saturated carbocycles. The largest absolute Gasteiger partial charge is 0.0984 e. The van der Waals surface area contributed by atoms with Crippen molar-refractivity contribution in [3.8, 4) is 0 Å². The van der Waals surface area contributed by atoms with Crippen molar-refractivity contribution in [1.29, 1.82) is 0 Å². The fraction of sp³-hybridized carbons (Fsp3) is 0.200. The first kappa shape index (κ1) is 16.0. The van der Waals surface area contributed by atoms with Crippen LogP contribution in [0, 0.1) is 5.92 Å². The van der Waals surface area contributed by atoms with Crippen LogP contribution in [0.2, 0.25) is 0 Å². The van der Waals surface area contributed by atoms with E-state index in [-0.39, 0.29) is 0 Å². The van der Waals surface area contributed by atoms with Crippen molar-refractivity contribution in [3.63, 3.8) is 0 Å². The number of hydrogen-bond donors (Lipinski definition) is 0. The first-order valence-corrected chi connectivity index (χ1v) is 7.08. The molecule has 0 amide bonds. The molecule has 0 N–H and O–H groups in total. The predicted molar refractivity (Wildman–Crippen MR) is 91.5 cm³/mol. The summed E-state index contributed by atoms with van der Waals surface area (Å²) in [5.41, 5.74) is 3.59. The average Bonchev–Trinajstić information content (AvgIpc) is 2.48. The van der Waals surface area contributed by atoms with Crippen molar-refractivity contribution >= 4 is 5.57 Å². The van der Waals surface area contributed by atoms with Crippen LogP contribution in [0.4, 0.5) is 0 Å². The molecule has 1 aromatic rings. The van der Waals surface area contributed by atoms with E-state index in [9.17, 15) is 0 Å². The van der Waals surface area contributed by atoms with E-state index in [1.54, 1.807) is 0 Å². The Balaban J connectivity index is 3.30. The first-order valence-electron chi connectivity index (χ1n) is 7.08. The molecule has 0 saturated heterocycles. The summed E-state index contributed by atoms with van der Waals surface area (Å²) in [6.45, 7) is 10.2. The maximum atomic E-state index is 3.95. The summed E-state index contributed by atoms with van der Waals surface area (Å²) in [4.78, 5) is 0. The maximum Gasteiger partial charge on any atom is -0.00726 e. The van der Waals surface area contributed by atoms with Crippen LogP contribution >= 0.6 is 0 Å². The van der Waals surface area contributed by atoms with Crippen LogP contribution in [-0.2, 0) is 0 Å². The highest BCUT2D eigenvalue weighted by Crippen LogP contribution is 2.26. The van der Waals surface area contributed by atoms with E-state index in [0.717, 1.165) is 5.57 Å². The van der Waals surface area contributed by atoms with E-state index in [1.807, 2.05) is 31.2 Å². The Morgan fingerprint density at radius 2 is 1.80 bits per heavy atom. The van der Waals surface area contributed by atoms with Crippen molar-refractivity contribution in [2.75, 3.05) is 0 Å². The molecule has 1 rings (SSSR count). The molecule has 0 aliphatic rings. The van der Waals surface area contributed by atoms with Crippen molar-refractivity contribution < 1.29 is 0 Å². The molecule has 0 aliphatic heterocycles. The van der Waals surface area contributed by atoms with Gasteiger partial charge in [-0.2, -0.15) is 0 Å². The van der Waals surface area contributed by atoms with Gasteiger partial charge in [-0.15, -0.1) is 0 Å². The lowest BCUT2D eigenvalue weighted by molar-refractivity contribution is 0.939. The summed E-state index contributed by atoms with van der Waals surface area (Å²) in [7, 11) is 0. The number of benzene rings is 1. The van der Waals surface area contributed by atoms with Crippen molar-refractivity contribution in [2.24, 2.45) is 5.92 Å². The van der Waals surface area contributed by atoms with Crippen LogP contribution < -0.4 is 0 Å². The second kappa shape index (κ2) is 8.92. The van der Waals surface area contributed by atoms with Gasteiger partial charge in [0, 0.05) is 0 Å². The van der Waals surface area contributed by atoms with Crippen LogP contribution in [0.25, 0.3) is 5.57 Å². The molecule has 0 bridgehead atoms. The zero-order chi connectivity index (χ0) is 14.8. The summed E-state index contributed by atoms with van der Waals surface area (Å²) in [5.74, 6) is 0.393. The van der Waals surface area contributed by atoms with Gasteiger partial charge in [0.2, 0.25) is 0 Å². The molecule has 0 radical (unpaired) electrons. The Kier molecular flexibility index (Phi) is 7.13. The molecule has 0 aliphatic carbocycles. The fourth-order valence-electron chi connectivity index (χ4n) is 2.07. The molecule has 0 nitrogen and oxygen atoms in total. The lowest BCUT2D eigenvalue weighted by atomic mass is 9.93. The molecule has 0 fully saturated rings. The molecule has 0 heteroatoms. The Hall–Kier alpha value is -2.08.